The summed E-state index contributed by atoms with van der Waals surface area (Å²) >= 11 is 0. The molecule has 2 heterocycles. The number of amides is 1. The van der Waals surface area contributed by atoms with Crippen molar-refractivity contribution in [1.82, 2.24) is 19.8 Å². The van der Waals surface area contributed by atoms with Crippen molar-refractivity contribution >= 4 is 15.9 Å². The van der Waals surface area contributed by atoms with Crippen molar-refractivity contribution < 1.29 is 17.7 Å². The zero-order valence-electron chi connectivity index (χ0n) is 17.2. The lowest BCUT2D eigenvalue weighted by Crippen LogP contribution is -2.45. The second kappa shape index (κ2) is 8.99. The Labute approximate surface area is 181 Å². The predicted octanol–water partition coefficient (Wildman–Crippen LogP) is 2.76. The zero-order chi connectivity index (χ0) is 21.8. The molecule has 162 valence electrons. The molecule has 0 aliphatic carbocycles. The first-order chi connectivity index (χ1) is 14.9. The number of hydrogen-bond acceptors (Lipinski definition) is 6. The highest BCUT2D eigenvalue weighted by Crippen LogP contribution is 2.24. The van der Waals surface area contributed by atoms with Crippen LogP contribution in [0, 0.1) is 12.8 Å². The molecule has 1 saturated heterocycles. The fourth-order valence-electron chi connectivity index (χ4n) is 3.57. The van der Waals surface area contributed by atoms with Crippen LogP contribution in [0.1, 0.15) is 24.3 Å². The molecule has 1 atom stereocenters. The molecule has 31 heavy (non-hydrogen) atoms. The van der Waals surface area contributed by atoms with E-state index in [-0.39, 0.29) is 23.9 Å². The normalized spacial score (nSPS) is 17.4. The first-order valence-electron chi connectivity index (χ1n) is 10.2. The van der Waals surface area contributed by atoms with E-state index < -0.39 is 15.9 Å². The predicted molar refractivity (Wildman–Crippen MR) is 114 cm³/mol. The molecule has 0 spiro atoms. The second-order valence-electron chi connectivity index (χ2n) is 7.61. The van der Waals surface area contributed by atoms with Crippen LogP contribution in [0.3, 0.4) is 0 Å². The van der Waals surface area contributed by atoms with Gasteiger partial charge in [-0.15, -0.1) is 0 Å². The number of nitrogens with one attached hydrogen (secondary N) is 1. The monoisotopic (exact) mass is 440 g/mol. The van der Waals surface area contributed by atoms with E-state index in [1.165, 1.54) is 4.31 Å². The highest BCUT2D eigenvalue weighted by molar-refractivity contribution is 7.89. The summed E-state index contributed by atoms with van der Waals surface area (Å²) in [5.74, 6) is 0.116. The lowest BCUT2D eigenvalue weighted by atomic mass is 9.99. The van der Waals surface area contributed by atoms with Crippen LogP contribution in [0.5, 0.6) is 0 Å². The largest absolute Gasteiger partial charge is 0.347 e. The maximum atomic E-state index is 12.9. The second-order valence-corrected chi connectivity index (χ2v) is 9.55. The summed E-state index contributed by atoms with van der Waals surface area (Å²) in [7, 11) is -3.61. The van der Waals surface area contributed by atoms with Crippen LogP contribution in [0.4, 0.5) is 0 Å². The Morgan fingerprint density at radius 2 is 1.90 bits per heavy atom. The lowest BCUT2D eigenvalue weighted by Gasteiger charge is -2.31. The molecular weight excluding hydrogens is 416 g/mol. The fourth-order valence-corrected chi connectivity index (χ4v) is 5.11. The summed E-state index contributed by atoms with van der Waals surface area (Å²) in [6.45, 7) is 2.66. The average Bonchev–Trinajstić information content (AvgIpc) is 3.27. The van der Waals surface area contributed by atoms with Gasteiger partial charge < -0.3 is 9.84 Å². The van der Waals surface area contributed by atoms with Gasteiger partial charge in [0.05, 0.1) is 17.4 Å². The Morgan fingerprint density at radius 1 is 1.16 bits per heavy atom. The van der Waals surface area contributed by atoms with Gasteiger partial charge in [0.25, 0.3) is 0 Å². The summed E-state index contributed by atoms with van der Waals surface area (Å²) in [4.78, 5) is 17.2. The van der Waals surface area contributed by atoms with Crippen molar-refractivity contribution in [2.45, 2.75) is 31.2 Å². The van der Waals surface area contributed by atoms with Crippen LogP contribution in [0.25, 0.3) is 11.4 Å². The van der Waals surface area contributed by atoms with Crippen LogP contribution in [0.15, 0.2) is 64.0 Å². The van der Waals surface area contributed by atoms with Gasteiger partial charge in [-0.1, -0.05) is 53.2 Å². The fraction of sp³-hybridized carbons (Fsp3) is 0.318. The minimum atomic E-state index is -3.61. The molecule has 1 aliphatic rings. The van der Waals surface area contributed by atoms with Crippen LogP contribution in [-0.2, 0) is 21.4 Å². The molecular formula is C22H24N4O4S. The molecule has 2 aromatic carbocycles. The Hall–Kier alpha value is -3.04. The van der Waals surface area contributed by atoms with E-state index in [2.05, 4.69) is 15.5 Å². The van der Waals surface area contributed by atoms with Gasteiger partial charge >= 0.3 is 0 Å². The van der Waals surface area contributed by atoms with Crippen molar-refractivity contribution in [3.05, 3.63) is 66.1 Å². The van der Waals surface area contributed by atoms with E-state index in [1.54, 1.807) is 30.3 Å². The quantitative estimate of drug-likeness (QED) is 0.632. The maximum Gasteiger partial charge on any atom is 0.246 e. The molecule has 1 aliphatic heterocycles. The van der Waals surface area contributed by atoms with Crippen molar-refractivity contribution in [1.29, 1.82) is 0 Å². The van der Waals surface area contributed by atoms with Crippen molar-refractivity contribution in [3.8, 4) is 11.4 Å². The molecule has 0 bridgehead atoms. The number of carbonyl (C=O) groups is 1. The Balaban J connectivity index is 1.36. The van der Waals surface area contributed by atoms with Gasteiger partial charge in [-0.05, 0) is 31.9 Å². The van der Waals surface area contributed by atoms with Crippen LogP contribution >= 0.6 is 0 Å². The molecule has 1 fully saturated rings. The van der Waals surface area contributed by atoms with Gasteiger partial charge in [-0.25, -0.2) is 8.42 Å². The number of carbonyl (C=O) groups excluding carboxylic acids is 1. The van der Waals surface area contributed by atoms with E-state index in [0.29, 0.717) is 31.1 Å². The number of rotatable bonds is 6. The number of nitrogens with zero attached hydrogens (tertiary/aromatic N) is 3. The molecule has 1 aromatic heterocycles. The summed E-state index contributed by atoms with van der Waals surface area (Å²) < 4.78 is 32.3. The summed E-state index contributed by atoms with van der Waals surface area (Å²) in [5.41, 5.74) is 1.97. The average molecular weight is 441 g/mol. The summed E-state index contributed by atoms with van der Waals surface area (Å²) in [6, 6.07) is 16.0. The molecule has 1 amide bonds. The lowest BCUT2D eigenvalue weighted by molar-refractivity contribution is -0.126. The SMILES string of the molecule is Cc1ccc(-c2noc(CNC(=O)[C@H]3CCCN(S(=O)(=O)c4ccccc4)C3)n2)cc1. The third-order valence-corrected chi connectivity index (χ3v) is 7.21. The first kappa shape index (κ1) is 21.2. The van der Waals surface area contributed by atoms with Gasteiger partial charge in [0.2, 0.25) is 27.6 Å². The van der Waals surface area contributed by atoms with Crippen molar-refractivity contribution in [3.63, 3.8) is 0 Å². The van der Waals surface area contributed by atoms with E-state index in [9.17, 15) is 13.2 Å². The van der Waals surface area contributed by atoms with E-state index in [0.717, 1.165) is 11.1 Å². The highest BCUT2D eigenvalue weighted by atomic mass is 32.2. The van der Waals surface area contributed by atoms with Gasteiger partial charge in [0.1, 0.15) is 0 Å². The highest BCUT2D eigenvalue weighted by Gasteiger charge is 2.33. The molecule has 8 nitrogen and oxygen atoms in total. The Kier molecular flexibility index (Phi) is 6.15. The third kappa shape index (κ3) is 4.83. The summed E-state index contributed by atoms with van der Waals surface area (Å²) in [6.07, 6.45) is 1.26. The molecule has 0 radical (unpaired) electrons. The number of aromatic nitrogens is 2. The van der Waals surface area contributed by atoms with Gasteiger partial charge in [0, 0.05) is 18.7 Å². The Bertz CT molecular complexity index is 1140. The van der Waals surface area contributed by atoms with E-state index in [1.807, 2.05) is 31.2 Å². The van der Waals surface area contributed by atoms with Gasteiger partial charge in [-0.3, -0.25) is 4.79 Å². The number of hydrogen-bond donors (Lipinski definition) is 1. The Morgan fingerprint density at radius 3 is 2.65 bits per heavy atom. The van der Waals surface area contributed by atoms with Crippen LogP contribution < -0.4 is 5.32 Å². The van der Waals surface area contributed by atoms with E-state index >= 15 is 0 Å². The van der Waals surface area contributed by atoms with Crippen LogP contribution in [0.2, 0.25) is 0 Å². The van der Waals surface area contributed by atoms with Crippen molar-refractivity contribution in [2.75, 3.05) is 13.1 Å². The minimum Gasteiger partial charge on any atom is -0.347 e. The van der Waals surface area contributed by atoms with Crippen LogP contribution in [-0.4, -0.2) is 41.9 Å². The van der Waals surface area contributed by atoms with Crippen molar-refractivity contribution in [2.24, 2.45) is 5.92 Å². The molecule has 9 heteroatoms. The molecule has 1 N–H and O–H groups in total. The molecule has 0 unspecified atom stereocenters. The topological polar surface area (TPSA) is 105 Å². The molecule has 0 saturated carbocycles. The number of aryl methyl sites for hydroxylation is 1. The number of piperidine rings is 1. The summed E-state index contributed by atoms with van der Waals surface area (Å²) in [5, 5.41) is 6.76. The van der Waals surface area contributed by atoms with E-state index in [4.69, 9.17) is 4.52 Å². The van der Waals surface area contributed by atoms with Gasteiger partial charge in [-0.2, -0.15) is 9.29 Å². The standard InChI is InChI=1S/C22H24N4O4S/c1-16-9-11-17(12-10-16)21-24-20(30-25-21)14-23-22(27)18-6-5-13-26(15-18)31(28,29)19-7-3-2-4-8-19/h2-4,7-12,18H,5-6,13-15H2,1H3,(H,23,27)/t18-/m0/s1. The molecule has 3 aromatic rings. The number of sulfonamides is 1. The third-order valence-electron chi connectivity index (χ3n) is 5.33. The van der Waals surface area contributed by atoms with Gasteiger partial charge in [0.15, 0.2) is 0 Å². The first-order valence-corrected chi connectivity index (χ1v) is 11.6. The minimum absolute atomic E-state index is 0.0969. The number of benzene rings is 2. The smallest absolute Gasteiger partial charge is 0.246 e. The molecule has 4 rings (SSSR count). The maximum absolute atomic E-state index is 12.9. The zero-order valence-corrected chi connectivity index (χ0v) is 18.0.